The second-order valence-corrected chi connectivity index (χ2v) is 6.68. The zero-order valence-electron chi connectivity index (χ0n) is 14.8. The molecule has 1 aromatic carbocycles. The molecule has 1 saturated carbocycles. The van der Waals surface area contributed by atoms with Gasteiger partial charge in [0.1, 0.15) is 0 Å². The molecule has 2 amide bonds. The number of hydrogen-bond acceptors (Lipinski definition) is 2. The minimum Gasteiger partial charge on any atom is -0.354 e. The third-order valence-corrected chi connectivity index (χ3v) is 4.54. The van der Waals surface area contributed by atoms with Gasteiger partial charge in [-0.25, -0.2) is 0 Å². The predicted octanol–water partition coefficient (Wildman–Crippen LogP) is 4.15. The van der Waals surface area contributed by atoms with Crippen LogP contribution in [0, 0.1) is 5.92 Å². The Morgan fingerprint density at radius 3 is 1.82 bits per heavy atom. The topological polar surface area (TPSA) is 58.2 Å². The van der Waals surface area contributed by atoms with E-state index in [2.05, 4.69) is 10.6 Å². The highest BCUT2D eigenvalue weighted by Gasteiger charge is 2.37. The van der Waals surface area contributed by atoms with E-state index in [1.165, 1.54) is 0 Å². The van der Waals surface area contributed by atoms with Gasteiger partial charge in [-0.3, -0.25) is 9.59 Å². The fourth-order valence-corrected chi connectivity index (χ4v) is 3.06. The third kappa shape index (κ3) is 6.13. The summed E-state index contributed by atoms with van der Waals surface area (Å²) in [5.41, 5.74) is -3.86. The SMILES string of the molecule is O=C(NCCNC(=O)C1CCCCC1)c1cc(C(F)(F)F)cc(C(F)(F)F)c1. The van der Waals surface area contributed by atoms with Crippen LogP contribution in [0.15, 0.2) is 18.2 Å². The molecule has 0 spiro atoms. The molecule has 0 bridgehead atoms. The Hall–Kier alpha value is -2.26. The molecular formula is C18H20F6N2O2. The zero-order valence-corrected chi connectivity index (χ0v) is 14.8. The standard InChI is InChI=1S/C18H20F6N2O2/c19-17(20,21)13-8-12(9-14(10-13)18(22,23)24)16(28)26-7-6-25-15(27)11-4-2-1-3-5-11/h8-11H,1-7H2,(H,25,27)(H,26,28). The molecule has 2 N–H and O–H groups in total. The lowest BCUT2D eigenvalue weighted by atomic mass is 9.89. The molecule has 28 heavy (non-hydrogen) atoms. The minimum atomic E-state index is -5.02. The largest absolute Gasteiger partial charge is 0.416 e. The summed E-state index contributed by atoms with van der Waals surface area (Å²) in [5, 5.41) is 4.84. The van der Waals surface area contributed by atoms with Gasteiger partial charge in [0.05, 0.1) is 11.1 Å². The first kappa shape index (κ1) is 22.0. The normalized spacial score (nSPS) is 15.9. The zero-order chi connectivity index (χ0) is 20.9. The molecule has 0 saturated heterocycles. The van der Waals surface area contributed by atoms with Crippen molar-refractivity contribution >= 4 is 11.8 Å². The highest BCUT2D eigenvalue weighted by molar-refractivity contribution is 5.94. The monoisotopic (exact) mass is 410 g/mol. The predicted molar refractivity (Wildman–Crippen MR) is 88.4 cm³/mol. The second-order valence-electron chi connectivity index (χ2n) is 6.68. The Morgan fingerprint density at radius 1 is 0.821 bits per heavy atom. The van der Waals surface area contributed by atoms with Crippen LogP contribution >= 0.6 is 0 Å². The number of benzene rings is 1. The highest BCUT2D eigenvalue weighted by Crippen LogP contribution is 2.36. The molecule has 1 aliphatic carbocycles. The number of halogens is 6. The summed E-state index contributed by atoms with van der Waals surface area (Å²) < 4.78 is 77.0. The van der Waals surface area contributed by atoms with Crippen LogP contribution < -0.4 is 10.6 Å². The molecule has 0 aliphatic heterocycles. The van der Waals surface area contributed by atoms with Gasteiger partial charge in [-0.05, 0) is 31.0 Å². The fraction of sp³-hybridized carbons (Fsp3) is 0.556. The number of amides is 2. The van der Waals surface area contributed by atoms with Gasteiger partial charge in [-0.2, -0.15) is 26.3 Å². The van der Waals surface area contributed by atoms with Crippen molar-refractivity contribution in [2.24, 2.45) is 5.92 Å². The smallest absolute Gasteiger partial charge is 0.354 e. The molecule has 1 aromatic rings. The Balaban J connectivity index is 1.96. The molecule has 4 nitrogen and oxygen atoms in total. The Kier molecular flexibility index (Phi) is 6.95. The summed E-state index contributed by atoms with van der Waals surface area (Å²) >= 11 is 0. The second kappa shape index (κ2) is 8.83. The molecule has 0 atom stereocenters. The first-order chi connectivity index (χ1) is 13.0. The Morgan fingerprint density at radius 2 is 1.32 bits per heavy atom. The van der Waals surface area contributed by atoms with E-state index in [1.54, 1.807) is 0 Å². The molecule has 1 aliphatic rings. The van der Waals surface area contributed by atoms with Crippen molar-refractivity contribution in [2.45, 2.75) is 44.5 Å². The average Bonchev–Trinajstić information content (AvgIpc) is 2.63. The van der Waals surface area contributed by atoms with Crippen molar-refractivity contribution < 1.29 is 35.9 Å². The van der Waals surface area contributed by atoms with Crippen molar-refractivity contribution in [1.82, 2.24) is 10.6 Å². The molecule has 2 rings (SSSR count). The van der Waals surface area contributed by atoms with Crippen LogP contribution in [0.4, 0.5) is 26.3 Å². The maximum Gasteiger partial charge on any atom is 0.416 e. The molecule has 1 fully saturated rings. The third-order valence-electron chi connectivity index (χ3n) is 4.54. The van der Waals surface area contributed by atoms with E-state index < -0.39 is 35.0 Å². The first-order valence-corrected chi connectivity index (χ1v) is 8.84. The van der Waals surface area contributed by atoms with Gasteiger partial charge in [-0.1, -0.05) is 19.3 Å². The van der Waals surface area contributed by atoms with Crippen molar-refractivity contribution in [3.05, 3.63) is 34.9 Å². The van der Waals surface area contributed by atoms with Crippen LogP contribution in [0.3, 0.4) is 0 Å². The van der Waals surface area contributed by atoms with E-state index in [0.717, 1.165) is 32.1 Å². The summed E-state index contributed by atoms with van der Waals surface area (Å²) in [6, 6.07) is 0.692. The molecule has 0 heterocycles. The van der Waals surface area contributed by atoms with Crippen molar-refractivity contribution in [3.8, 4) is 0 Å². The van der Waals surface area contributed by atoms with Crippen molar-refractivity contribution in [1.29, 1.82) is 0 Å². The van der Waals surface area contributed by atoms with Gasteiger partial charge in [0.25, 0.3) is 5.91 Å². The summed E-state index contributed by atoms with van der Waals surface area (Å²) in [6.45, 7) is -0.0823. The lowest BCUT2D eigenvalue weighted by Crippen LogP contribution is -2.38. The molecule has 10 heteroatoms. The van der Waals surface area contributed by atoms with Crippen LogP contribution in [0.25, 0.3) is 0 Å². The van der Waals surface area contributed by atoms with Crippen molar-refractivity contribution in [2.75, 3.05) is 13.1 Å². The summed E-state index contributed by atoms with van der Waals surface area (Å²) in [4.78, 5) is 23.9. The van der Waals surface area contributed by atoms with Gasteiger partial charge in [0.2, 0.25) is 5.91 Å². The molecule has 0 radical (unpaired) electrons. The summed E-state index contributed by atoms with van der Waals surface area (Å²) in [7, 11) is 0. The number of carbonyl (C=O) groups excluding carboxylic acids is 2. The van der Waals surface area contributed by atoms with Gasteiger partial charge < -0.3 is 10.6 Å². The number of alkyl halides is 6. The van der Waals surface area contributed by atoms with E-state index in [9.17, 15) is 35.9 Å². The Bertz CT molecular complexity index is 677. The molecule has 0 unspecified atom stereocenters. The average molecular weight is 410 g/mol. The van der Waals surface area contributed by atoms with Gasteiger partial charge in [-0.15, -0.1) is 0 Å². The van der Waals surface area contributed by atoms with Gasteiger partial charge in [0, 0.05) is 24.6 Å². The van der Waals surface area contributed by atoms with Crippen LogP contribution in [0.2, 0.25) is 0 Å². The summed E-state index contributed by atoms with van der Waals surface area (Å²) in [6.07, 6.45) is -5.48. The number of hydrogen-bond donors (Lipinski definition) is 2. The van der Waals surface area contributed by atoms with E-state index in [1.807, 2.05) is 0 Å². The van der Waals surface area contributed by atoms with Crippen LogP contribution in [-0.4, -0.2) is 24.9 Å². The molecular weight excluding hydrogens is 390 g/mol. The quantitative estimate of drug-likeness (QED) is 0.566. The van der Waals surface area contributed by atoms with E-state index in [-0.39, 0.29) is 31.0 Å². The maximum atomic E-state index is 12.8. The van der Waals surface area contributed by atoms with E-state index in [0.29, 0.717) is 12.1 Å². The number of carbonyl (C=O) groups is 2. The van der Waals surface area contributed by atoms with Gasteiger partial charge in [0.15, 0.2) is 0 Å². The van der Waals surface area contributed by atoms with Gasteiger partial charge >= 0.3 is 12.4 Å². The highest BCUT2D eigenvalue weighted by atomic mass is 19.4. The number of rotatable bonds is 5. The van der Waals surface area contributed by atoms with E-state index >= 15 is 0 Å². The van der Waals surface area contributed by atoms with Crippen LogP contribution in [0.5, 0.6) is 0 Å². The molecule has 0 aromatic heterocycles. The maximum absolute atomic E-state index is 12.8. The minimum absolute atomic E-state index is 0.0339. The van der Waals surface area contributed by atoms with Crippen molar-refractivity contribution in [3.63, 3.8) is 0 Å². The van der Waals surface area contributed by atoms with Crippen LogP contribution in [-0.2, 0) is 17.1 Å². The first-order valence-electron chi connectivity index (χ1n) is 8.84. The van der Waals surface area contributed by atoms with Crippen LogP contribution in [0.1, 0.15) is 53.6 Å². The fourth-order valence-electron chi connectivity index (χ4n) is 3.06. The van der Waals surface area contributed by atoms with E-state index in [4.69, 9.17) is 0 Å². The lowest BCUT2D eigenvalue weighted by molar-refractivity contribution is -0.143. The number of nitrogens with one attached hydrogen (secondary N) is 2. The molecule has 156 valence electrons. The summed E-state index contributed by atoms with van der Waals surface area (Å²) in [5.74, 6) is -1.34. The Labute approximate surface area is 157 Å². The lowest BCUT2D eigenvalue weighted by Gasteiger charge is -2.20.